The molecule has 0 heterocycles. The summed E-state index contributed by atoms with van der Waals surface area (Å²) in [6, 6.07) is 16.3. The van der Waals surface area contributed by atoms with Crippen LogP contribution in [0.1, 0.15) is 25.5 Å². The van der Waals surface area contributed by atoms with Gasteiger partial charge in [-0.05, 0) is 37.4 Å². The average Bonchev–Trinajstić information content (AvgIpc) is 2.61. The number of quaternary nitrogens is 1. The van der Waals surface area contributed by atoms with Gasteiger partial charge >= 0.3 is 0 Å². The van der Waals surface area contributed by atoms with Gasteiger partial charge in [-0.2, -0.15) is 0 Å². The zero-order chi connectivity index (χ0) is 18.7. The SMILES string of the molecule is C[C@H]([NH2+][C@H](C)c1ccc(F)cc1F)C(=O)Nc1cccc2ccccc12. The summed E-state index contributed by atoms with van der Waals surface area (Å²) in [7, 11) is 0. The molecule has 5 heteroatoms. The highest BCUT2D eigenvalue weighted by Crippen LogP contribution is 2.23. The molecule has 0 radical (unpaired) electrons. The molecule has 26 heavy (non-hydrogen) atoms. The fourth-order valence-electron chi connectivity index (χ4n) is 3.08. The molecule has 134 valence electrons. The Balaban J connectivity index is 1.71. The molecule has 3 N–H and O–H groups in total. The van der Waals surface area contributed by atoms with Gasteiger partial charge in [0.2, 0.25) is 0 Å². The lowest BCUT2D eigenvalue weighted by Crippen LogP contribution is -2.91. The fraction of sp³-hybridized carbons (Fsp3) is 0.190. The largest absolute Gasteiger partial charge is 0.330 e. The normalized spacial score (nSPS) is 13.4. The Morgan fingerprint density at radius 3 is 2.50 bits per heavy atom. The van der Waals surface area contributed by atoms with E-state index in [-0.39, 0.29) is 11.9 Å². The highest BCUT2D eigenvalue weighted by Gasteiger charge is 2.22. The third-order valence-corrected chi connectivity index (χ3v) is 4.49. The van der Waals surface area contributed by atoms with Crippen LogP contribution in [0.15, 0.2) is 60.7 Å². The first kappa shape index (κ1) is 18.0. The summed E-state index contributed by atoms with van der Waals surface area (Å²) in [6.45, 7) is 3.55. The van der Waals surface area contributed by atoms with Gasteiger partial charge in [-0.15, -0.1) is 0 Å². The summed E-state index contributed by atoms with van der Waals surface area (Å²) < 4.78 is 27.0. The maximum absolute atomic E-state index is 13.9. The Labute approximate surface area is 151 Å². The highest BCUT2D eigenvalue weighted by atomic mass is 19.1. The van der Waals surface area contributed by atoms with Crippen LogP contribution in [0.25, 0.3) is 10.8 Å². The second-order valence-corrected chi connectivity index (χ2v) is 6.45. The number of carbonyl (C=O) groups excluding carboxylic acids is 1. The molecule has 0 aliphatic carbocycles. The number of anilines is 1. The van der Waals surface area contributed by atoms with Crippen LogP contribution >= 0.6 is 0 Å². The van der Waals surface area contributed by atoms with Gasteiger partial charge in [0.1, 0.15) is 17.7 Å². The van der Waals surface area contributed by atoms with Gasteiger partial charge in [0, 0.05) is 22.7 Å². The van der Waals surface area contributed by atoms with Gasteiger partial charge in [-0.25, -0.2) is 8.78 Å². The first-order chi connectivity index (χ1) is 12.5. The summed E-state index contributed by atoms with van der Waals surface area (Å²) in [5, 5.41) is 6.71. The summed E-state index contributed by atoms with van der Waals surface area (Å²) in [6.07, 6.45) is 0. The number of rotatable bonds is 5. The Hall–Kier alpha value is -2.79. The monoisotopic (exact) mass is 355 g/mol. The summed E-state index contributed by atoms with van der Waals surface area (Å²) in [5.41, 5.74) is 1.12. The average molecular weight is 355 g/mol. The van der Waals surface area contributed by atoms with E-state index in [0.29, 0.717) is 5.56 Å². The zero-order valence-corrected chi connectivity index (χ0v) is 14.7. The number of hydrogen-bond acceptors (Lipinski definition) is 1. The molecular formula is C21H21F2N2O+. The molecule has 0 aliphatic heterocycles. The van der Waals surface area contributed by atoms with Crippen LogP contribution in [-0.4, -0.2) is 11.9 Å². The molecule has 3 rings (SSSR count). The predicted molar refractivity (Wildman–Crippen MR) is 98.7 cm³/mol. The Bertz CT molecular complexity index is 937. The summed E-state index contributed by atoms with van der Waals surface area (Å²) >= 11 is 0. The van der Waals surface area contributed by atoms with Crippen LogP contribution in [-0.2, 0) is 4.79 Å². The molecule has 0 aliphatic rings. The highest BCUT2D eigenvalue weighted by molar-refractivity contribution is 6.03. The van der Waals surface area contributed by atoms with E-state index in [1.54, 1.807) is 19.2 Å². The van der Waals surface area contributed by atoms with Crippen molar-refractivity contribution < 1.29 is 18.9 Å². The number of nitrogens with two attached hydrogens (primary N) is 1. The van der Waals surface area contributed by atoms with Crippen LogP contribution in [0.3, 0.4) is 0 Å². The lowest BCUT2D eigenvalue weighted by atomic mass is 10.1. The van der Waals surface area contributed by atoms with Gasteiger partial charge < -0.3 is 10.6 Å². The van der Waals surface area contributed by atoms with E-state index >= 15 is 0 Å². The fourth-order valence-corrected chi connectivity index (χ4v) is 3.08. The minimum atomic E-state index is -0.611. The van der Waals surface area contributed by atoms with Gasteiger partial charge in [-0.3, -0.25) is 4.79 Å². The molecule has 3 aromatic rings. The van der Waals surface area contributed by atoms with Crippen LogP contribution in [0.2, 0.25) is 0 Å². The summed E-state index contributed by atoms with van der Waals surface area (Å²) in [4.78, 5) is 12.6. The number of fused-ring (bicyclic) bond motifs is 1. The molecule has 0 aromatic heterocycles. The predicted octanol–water partition coefficient (Wildman–Crippen LogP) is 3.77. The standard InChI is InChI=1S/C21H20F2N2O/c1-13(17-11-10-16(22)12-19(17)23)24-14(2)21(26)25-20-9-5-7-15-6-3-4-8-18(15)20/h3-14,24H,1-2H3,(H,25,26)/p+1/t13-,14+/m1/s1. The van der Waals surface area contributed by atoms with Crippen LogP contribution < -0.4 is 10.6 Å². The number of hydrogen-bond donors (Lipinski definition) is 2. The second-order valence-electron chi connectivity index (χ2n) is 6.45. The minimum absolute atomic E-state index is 0.171. The van der Waals surface area contributed by atoms with Crippen molar-refractivity contribution in [3.05, 3.63) is 77.9 Å². The Morgan fingerprint density at radius 1 is 1.00 bits per heavy atom. The first-order valence-corrected chi connectivity index (χ1v) is 8.54. The van der Waals surface area contributed by atoms with E-state index < -0.39 is 17.7 Å². The maximum Gasteiger partial charge on any atom is 0.282 e. The number of amides is 1. The third kappa shape index (κ3) is 3.89. The van der Waals surface area contributed by atoms with Crippen molar-refractivity contribution in [2.24, 2.45) is 0 Å². The van der Waals surface area contributed by atoms with E-state index in [4.69, 9.17) is 0 Å². The molecule has 1 amide bonds. The lowest BCUT2D eigenvalue weighted by Gasteiger charge is -2.18. The van der Waals surface area contributed by atoms with Crippen molar-refractivity contribution in [2.75, 3.05) is 5.32 Å². The van der Waals surface area contributed by atoms with E-state index in [1.807, 2.05) is 42.5 Å². The smallest absolute Gasteiger partial charge is 0.282 e. The van der Waals surface area contributed by atoms with Crippen LogP contribution in [0.4, 0.5) is 14.5 Å². The maximum atomic E-state index is 13.9. The number of halogens is 2. The van der Waals surface area contributed by atoms with Crippen molar-refractivity contribution in [1.82, 2.24) is 0 Å². The van der Waals surface area contributed by atoms with Crippen molar-refractivity contribution in [2.45, 2.75) is 25.9 Å². The Morgan fingerprint density at radius 2 is 1.73 bits per heavy atom. The first-order valence-electron chi connectivity index (χ1n) is 8.54. The molecule has 0 spiro atoms. The van der Waals surface area contributed by atoms with E-state index in [9.17, 15) is 13.6 Å². The zero-order valence-electron chi connectivity index (χ0n) is 14.7. The topological polar surface area (TPSA) is 45.7 Å². The molecule has 0 bridgehead atoms. The Kier molecular flexibility index (Phi) is 5.28. The van der Waals surface area contributed by atoms with Gasteiger partial charge in [0.15, 0.2) is 6.04 Å². The van der Waals surface area contributed by atoms with Crippen LogP contribution in [0, 0.1) is 11.6 Å². The minimum Gasteiger partial charge on any atom is -0.330 e. The molecule has 0 unspecified atom stereocenters. The lowest BCUT2D eigenvalue weighted by molar-refractivity contribution is -0.710. The molecule has 3 nitrogen and oxygen atoms in total. The van der Waals surface area contributed by atoms with Crippen molar-refractivity contribution >= 4 is 22.4 Å². The van der Waals surface area contributed by atoms with E-state index in [0.717, 1.165) is 22.5 Å². The van der Waals surface area contributed by atoms with Gasteiger partial charge in [-0.1, -0.05) is 36.4 Å². The van der Waals surface area contributed by atoms with Gasteiger partial charge in [0.25, 0.3) is 5.91 Å². The quantitative estimate of drug-likeness (QED) is 0.719. The molecular weight excluding hydrogens is 334 g/mol. The van der Waals surface area contributed by atoms with Gasteiger partial charge in [0.05, 0.1) is 0 Å². The van der Waals surface area contributed by atoms with Crippen molar-refractivity contribution in [1.29, 1.82) is 0 Å². The number of benzene rings is 3. The molecule has 0 fully saturated rings. The number of carbonyl (C=O) groups is 1. The van der Waals surface area contributed by atoms with Crippen molar-refractivity contribution in [3.8, 4) is 0 Å². The van der Waals surface area contributed by atoms with E-state index in [1.165, 1.54) is 12.1 Å². The molecule has 0 saturated carbocycles. The molecule has 3 aromatic carbocycles. The third-order valence-electron chi connectivity index (χ3n) is 4.49. The number of nitrogens with one attached hydrogen (secondary N) is 1. The molecule has 0 saturated heterocycles. The van der Waals surface area contributed by atoms with Crippen molar-refractivity contribution in [3.63, 3.8) is 0 Å². The van der Waals surface area contributed by atoms with Crippen LogP contribution in [0.5, 0.6) is 0 Å². The summed E-state index contributed by atoms with van der Waals surface area (Å²) in [5.74, 6) is -1.38. The second kappa shape index (κ2) is 7.62. The molecule has 2 atom stereocenters. The van der Waals surface area contributed by atoms with E-state index in [2.05, 4.69) is 5.32 Å².